The van der Waals surface area contributed by atoms with Crippen molar-refractivity contribution in [3.8, 4) is 6.07 Å². The van der Waals surface area contributed by atoms with E-state index in [1.165, 1.54) is 12.8 Å². The Bertz CT molecular complexity index is 225. The van der Waals surface area contributed by atoms with Gasteiger partial charge < -0.3 is 5.32 Å². The molecule has 0 radical (unpaired) electrons. The molecule has 0 aromatic heterocycles. The van der Waals surface area contributed by atoms with Crippen molar-refractivity contribution >= 4 is 0 Å². The first kappa shape index (κ1) is 9.95. The Morgan fingerprint density at radius 2 is 2.21 bits per heavy atom. The average molecular weight is 193 g/mol. The maximum absolute atomic E-state index is 8.83. The van der Waals surface area contributed by atoms with Gasteiger partial charge in [-0.3, -0.25) is 4.90 Å². The summed E-state index contributed by atoms with van der Waals surface area (Å²) < 4.78 is 0. The van der Waals surface area contributed by atoms with Crippen LogP contribution in [-0.4, -0.2) is 36.6 Å². The lowest BCUT2D eigenvalue weighted by Gasteiger charge is -2.34. The van der Waals surface area contributed by atoms with E-state index in [4.69, 9.17) is 5.26 Å². The number of likely N-dealkylation sites (tertiary alicyclic amines) is 1. The van der Waals surface area contributed by atoms with Gasteiger partial charge in [-0.2, -0.15) is 5.26 Å². The Kier molecular flexibility index (Phi) is 3.05. The molecule has 3 unspecified atom stereocenters. The molecule has 2 fully saturated rings. The van der Waals surface area contributed by atoms with E-state index in [9.17, 15) is 0 Å². The van der Waals surface area contributed by atoms with Crippen LogP contribution in [0.1, 0.15) is 26.2 Å². The Labute approximate surface area is 86.1 Å². The number of rotatable bonds is 1. The highest BCUT2D eigenvalue weighted by atomic mass is 15.2. The summed E-state index contributed by atoms with van der Waals surface area (Å²) in [6.45, 7) is 5.48. The lowest BCUT2D eigenvalue weighted by atomic mass is 10.0. The van der Waals surface area contributed by atoms with E-state index in [1.54, 1.807) is 0 Å². The molecule has 2 rings (SSSR count). The average Bonchev–Trinajstić information content (AvgIpc) is 2.67. The van der Waals surface area contributed by atoms with Crippen LogP contribution >= 0.6 is 0 Å². The minimum absolute atomic E-state index is 0.286. The second kappa shape index (κ2) is 4.29. The molecule has 2 aliphatic heterocycles. The van der Waals surface area contributed by atoms with Crippen LogP contribution in [0, 0.1) is 17.2 Å². The summed E-state index contributed by atoms with van der Waals surface area (Å²) in [5, 5.41) is 12.3. The zero-order valence-electron chi connectivity index (χ0n) is 8.87. The van der Waals surface area contributed by atoms with Gasteiger partial charge in [0.05, 0.1) is 12.0 Å². The molecule has 0 spiro atoms. The predicted octanol–water partition coefficient (Wildman–Crippen LogP) is 0.972. The third kappa shape index (κ3) is 2.08. The highest BCUT2D eigenvalue weighted by Gasteiger charge is 2.29. The van der Waals surface area contributed by atoms with Crippen molar-refractivity contribution in [2.45, 2.75) is 38.3 Å². The largest absolute Gasteiger partial charge is 0.313 e. The van der Waals surface area contributed by atoms with Gasteiger partial charge in [0, 0.05) is 25.2 Å². The summed E-state index contributed by atoms with van der Waals surface area (Å²) >= 11 is 0. The van der Waals surface area contributed by atoms with E-state index in [0.717, 1.165) is 26.1 Å². The van der Waals surface area contributed by atoms with Gasteiger partial charge in [0.25, 0.3) is 0 Å². The number of nitrogens with one attached hydrogen (secondary N) is 1. The third-order valence-electron chi connectivity index (χ3n) is 3.55. The second-order valence-corrected chi connectivity index (χ2v) is 4.65. The maximum atomic E-state index is 8.83. The van der Waals surface area contributed by atoms with Crippen LogP contribution in [0.15, 0.2) is 0 Å². The lowest BCUT2D eigenvalue weighted by Crippen LogP contribution is -2.48. The van der Waals surface area contributed by atoms with Crippen molar-refractivity contribution < 1.29 is 0 Å². The van der Waals surface area contributed by atoms with Gasteiger partial charge in [-0.1, -0.05) is 0 Å². The minimum Gasteiger partial charge on any atom is -0.313 e. The van der Waals surface area contributed by atoms with Gasteiger partial charge in [0.2, 0.25) is 0 Å². The monoisotopic (exact) mass is 193 g/mol. The summed E-state index contributed by atoms with van der Waals surface area (Å²) in [5.74, 6) is 0.286. The van der Waals surface area contributed by atoms with E-state index in [0.29, 0.717) is 12.1 Å². The molecule has 0 aromatic rings. The number of nitriles is 1. The number of hydrogen-bond donors (Lipinski definition) is 1. The molecule has 2 heterocycles. The fraction of sp³-hybridized carbons (Fsp3) is 0.909. The fourth-order valence-electron chi connectivity index (χ4n) is 2.52. The van der Waals surface area contributed by atoms with E-state index in [-0.39, 0.29) is 5.92 Å². The molecule has 0 aliphatic carbocycles. The lowest BCUT2D eigenvalue weighted by molar-refractivity contribution is 0.184. The molecular formula is C11H19N3. The maximum Gasteiger partial charge on any atom is 0.0669 e. The SMILES string of the molecule is CC1CCC(N2CCC(C#N)C2)CN1. The van der Waals surface area contributed by atoms with Gasteiger partial charge in [-0.25, -0.2) is 0 Å². The number of piperidine rings is 1. The molecule has 2 saturated heterocycles. The summed E-state index contributed by atoms with van der Waals surface area (Å²) in [7, 11) is 0. The fourth-order valence-corrected chi connectivity index (χ4v) is 2.52. The Morgan fingerprint density at radius 1 is 1.36 bits per heavy atom. The summed E-state index contributed by atoms with van der Waals surface area (Å²) in [4.78, 5) is 2.49. The third-order valence-corrected chi connectivity index (χ3v) is 3.55. The molecule has 3 atom stereocenters. The van der Waals surface area contributed by atoms with Gasteiger partial charge in [-0.15, -0.1) is 0 Å². The van der Waals surface area contributed by atoms with Gasteiger partial charge >= 0.3 is 0 Å². The molecule has 0 saturated carbocycles. The molecule has 0 bridgehead atoms. The van der Waals surface area contributed by atoms with Crippen LogP contribution < -0.4 is 5.32 Å². The summed E-state index contributed by atoms with van der Waals surface area (Å²) in [6.07, 6.45) is 3.65. The first-order valence-electron chi connectivity index (χ1n) is 5.66. The van der Waals surface area contributed by atoms with Gasteiger partial charge in [0.15, 0.2) is 0 Å². The van der Waals surface area contributed by atoms with Gasteiger partial charge in [0.1, 0.15) is 0 Å². The highest BCUT2D eigenvalue weighted by Crippen LogP contribution is 2.22. The summed E-state index contributed by atoms with van der Waals surface area (Å²) in [6, 6.07) is 3.75. The van der Waals surface area contributed by atoms with E-state index < -0.39 is 0 Å². The molecule has 0 aromatic carbocycles. The Balaban J connectivity index is 1.83. The number of nitrogens with zero attached hydrogens (tertiary/aromatic N) is 2. The van der Waals surface area contributed by atoms with Crippen molar-refractivity contribution in [3.63, 3.8) is 0 Å². The molecule has 2 aliphatic rings. The normalized spacial score (nSPS) is 39.6. The van der Waals surface area contributed by atoms with Crippen LogP contribution in [0.3, 0.4) is 0 Å². The van der Waals surface area contributed by atoms with Crippen molar-refractivity contribution in [2.75, 3.05) is 19.6 Å². The molecule has 1 N–H and O–H groups in total. The first-order chi connectivity index (χ1) is 6.79. The van der Waals surface area contributed by atoms with E-state index in [2.05, 4.69) is 23.2 Å². The quantitative estimate of drug-likeness (QED) is 0.674. The Hall–Kier alpha value is -0.590. The van der Waals surface area contributed by atoms with Crippen LogP contribution in [0.4, 0.5) is 0 Å². The second-order valence-electron chi connectivity index (χ2n) is 4.65. The highest BCUT2D eigenvalue weighted by molar-refractivity contribution is 4.94. The number of hydrogen-bond acceptors (Lipinski definition) is 3. The van der Waals surface area contributed by atoms with Crippen LogP contribution in [-0.2, 0) is 0 Å². The van der Waals surface area contributed by atoms with Crippen LogP contribution in [0.25, 0.3) is 0 Å². The van der Waals surface area contributed by atoms with Crippen LogP contribution in [0.2, 0.25) is 0 Å². The molecule has 3 nitrogen and oxygen atoms in total. The summed E-state index contributed by atoms with van der Waals surface area (Å²) in [5.41, 5.74) is 0. The molecular weight excluding hydrogens is 174 g/mol. The Morgan fingerprint density at radius 3 is 2.79 bits per heavy atom. The molecule has 78 valence electrons. The predicted molar refractivity (Wildman–Crippen MR) is 55.8 cm³/mol. The molecule has 14 heavy (non-hydrogen) atoms. The smallest absolute Gasteiger partial charge is 0.0669 e. The standard InChI is InChI=1S/C11H19N3/c1-9-2-3-11(7-13-9)14-5-4-10(6-12)8-14/h9-11,13H,2-5,7-8H2,1H3. The zero-order valence-corrected chi connectivity index (χ0v) is 8.87. The molecule has 0 amide bonds. The van der Waals surface area contributed by atoms with E-state index >= 15 is 0 Å². The van der Waals surface area contributed by atoms with E-state index in [1.807, 2.05) is 0 Å². The van der Waals surface area contributed by atoms with Crippen LogP contribution in [0.5, 0.6) is 0 Å². The van der Waals surface area contributed by atoms with Crippen molar-refractivity contribution in [3.05, 3.63) is 0 Å². The first-order valence-corrected chi connectivity index (χ1v) is 5.66. The topological polar surface area (TPSA) is 39.1 Å². The van der Waals surface area contributed by atoms with Crippen molar-refractivity contribution in [1.29, 1.82) is 5.26 Å². The van der Waals surface area contributed by atoms with Crippen molar-refractivity contribution in [1.82, 2.24) is 10.2 Å². The van der Waals surface area contributed by atoms with Crippen molar-refractivity contribution in [2.24, 2.45) is 5.92 Å². The van der Waals surface area contributed by atoms with Gasteiger partial charge in [-0.05, 0) is 32.7 Å². The molecule has 3 heteroatoms. The zero-order chi connectivity index (χ0) is 9.97. The minimum atomic E-state index is 0.286.